The van der Waals surface area contributed by atoms with E-state index in [2.05, 4.69) is 4.74 Å². The first kappa shape index (κ1) is 19.8. The van der Waals surface area contributed by atoms with Crippen LogP contribution in [0, 0.1) is 0 Å². The summed E-state index contributed by atoms with van der Waals surface area (Å²) in [7, 11) is 0. The fourth-order valence-electron chi connectivity index (χ4n) is 1.01. The van der Waals surface area contributed by atoms with Gasteiger partial charge in [0.05, 0.1) is 0 Å². The standard InChI is InChI=1S/C5H6F5NO.C3H2F4O2/c6-3-11-4(7,8)1-12-2-5(11,9)10;4-1(2(8)9)3(5,6)7/h1-3H2;1H,(H,8,9). The highest BCUT2D eigenvalue weighted by Gasteiger charge is 2.55. The molecule has 126 valence electrons. The molecule has 0 aromatic heterocycles. The summed E-state index contributed by atoms with van der Waals surface area (Å²) in [6.45, 7) is -4.30. The van der Waals surface area contributed by atoms with Gasteiger partial charge in [0.1, 0.15) is 13.2 Å². The van der Waals surface area contributed by atoms with Gasteiger partial charge in [0.15, 0.2) is 6.80 Å². The summed E-state index contributed by atoms with van der Waals surface area (Å²) in [5, 5.41) is 7.42. The van der Waals surface area contributed by atoms with Crippen molar-refractivity contribution in [2.75, 3.05) is 20.0 Å². The Kier molecular flexibility index (Phi) is 6.29. The Balaban J connectivity index is 0.000000400. The van der Waals surface area contributed by atoms with E-state index < -0.39 is 55.3 Å². The molecule has 1 aliphatic heterocycles. The van der Waals surface area contributed by atoms with Crippen molar-refractivity contribution in [3.8, 4) is 0 Å². The average Bonchev–Trinajstić information content (AvgIpc) is 2.25. The van der Waals surface area contributed by atoms with Crippen LogP contribution in [0.1, 0.15) is 0 Å². The maximum absolute atomic E-state index is 12.4. The molecule has 1 saturated heterocycles. The number of hydrogen-bond donors (Lipinski definition) is 1. The van der Waals surface area contributed by atoms with Crippen LogP contribution in [0.3, 0.4) is 0 Å². The Morgan fingerprint density at radius 3 is 1.71 bits per heavy atom. The summed E-state index contributed by atoms with van der Waals surface area (Å²) < 4.78 is 110. The number of halogens is 9. The minimum atomic E-state index is -5.29. The van der Waals surface area contributed by atoms with E-state index >= 15 is 0 Å². The number of nitrogens with zero attached hydrogens (tertiary/aromatic N) is 1. The van der Waals surface area contributed by atoms with Crippen molar-refractivity contribution in [3.63, 3.8) is 0 Å². The molecule has 0 aromatic rings. The molecular weight excluding hydrogens is 329 g/mol. The molecule has 1 heterocycles. The molecule has 13 heteroatoms. The lowest BCUT2D eigenvalue weighted by atomic mass is 10.4. The van der Waals surface area contributed by atoms with Crippen LogP contribution >= 0.6 is 0 Å². The molecule has 0 saturated carbocycles. The van der Waals surface area contributed by atoms with Crippen molar-refractivity contribution < 1.29 is 54.2 Å². The first-order chi connectivity index (χ1) is 9.25. The Morgan fingerprint density at radius 2 is 1.57 bits per heavy atom. The Bertz CT molecular complexity index is 343. The monoisotopic (exact) mass is 337 g/mol. The third-order valence-electron chi connectivity index (χ3n) is 1.96. The zero-order chi connectivity index (χ0) is 17.1. The molecule has 0 bridgehead atoms. The number of rotatable bonds is 2. The maximum Gasteiger partial charge on any atom is 0.430 e. The third kappa shape index (κ3) is 5.57. The zero-order valence-electron chi connectivity index (χ0n) is 9.81. The fraction of sp³-hybridized carbons (Fsp3) is 0.875. The summed E-state index contributed by atoms with van der Waals surface area (Å²) in [5.74, 6) is -2.51. The van der Waals surface area contributed by atoms with Crippen LogP contribution in [-0.4, -0.2) is 60.4 Å². The van der Waals surface area contributed by atoms with Gasteiger partial charge >= 0.3 is 24.2 Å². The van der Waals surface area contributed by atoms with E-state index in [0.29, 0.717) is 0 Å². The lowest BCUT2D eigenvalue weighted by Gasteiger charge is -2.38. The first-order valence-electron chi connectivity index (χ1n) is 4.86. The van der Waals surface area contributed by atoms with Gasteiger partial charge in [0, 0.05) is 0 Å². The number of hydrogen-bond acceptors (Lipinski definition) is 3. The van der Waals surface area contributed by atoms with Crippen LogP contribution < -0.4 is 0 Å². The van der Waals surface area contributed by atoms with Crippen molar-refractivity contribution in [1.82, 2.24) is 4.90 Å². The predicted molar refractivity (Wildman–Crippen MR) is 47.1 cm³/mol. The molecule has 0 aliphatic carbocycles. The Morgan fingerprint density at radius 1 is 1.19 bits per heavy atom. The molecule has 0 spiro atoms. The van der Waals surface area contributed by atoms with Gasteiger partial charge in [-0.3, -0.25) is 0 Å². The van der Waals surface area contributed by atoms with Gasteiger partial charge in [-0.15, -0.1) is 0 Å². The van der Waals surface area contributed by atoms with E-state index in [1.807, 2.05) is 0 Å². The van der Waals surface area contributed by atoms with E-state index in [-0.39, 0.29) is 0 Å². The molecular formula is C8H8F9NO3. The maximum atomic E-state index is 12.4. The van der Waals surface area contributed by atoms with E-state index in [9.17, 15) is 44.3 Å². The summed E-state index contributed by atoms with van der Waals surface area (Å²) in [6.07, 6.45) is -9.05. The van der Waals surface area contributed by atoms with Gasteiger partial charge in [0.2, 0.25) is 0 Å². The summed E-state index contributed by atoms with van der Waals surface area (Å²) >= 11 is 0. The third-order valence-corrected chi connectivity index (χ3v) is 1.96. The molecule has 1 atom stereocenters. The molecule has 1 rings (SSSR count). The molecule has 1 N–H and O–H groups in total. The average molecular weight is 337 g/mol. The second-order valence-electron chi connectivity index (χ2n) is 3.61. The van der Waals surface area contributed by atoms with Gasteiger partial charge < -0.3 is 9.84 Å². The van der Waals surface area contributed by atoms with Crippen molar-refractivity contribution in [3.05, 3.63) is 0 Å². The van der Waals surface area contributed by atoms with Gasteiger partial charge in [-0.1, -0.05) is 0 Å². The lowest BCUT2D eigenvalue weighted by molar-refractivity contribution is -0.349. The summed E-state index contributed by atoms with van der Waals surface area (Å²) in [5.41, 5.74) is 0. The number of ether oxygens (including phenoxy) is 1. The van der Waals surface area contributed by atoms with Crippen LogP contribution in [0.4, 0.5) is 39.5 Å². The molecule has 1 unspecified atom stereocenters. The minimum absolute atomic E-state index is 0.816. The smallest absolute Gasteiger partial charge is 0.430 e. The van der Waals surface area contributed by atoms with E-state index in [4.69, 9.17) is 5.11 Å². The molecule has 4 nitrogen and oxygen atoms in total. The Labute approximate surface area is 111 Å². The fourth-order valence-corrected chi connectivity index (χ4v) is 1.01. The number of carboxylic acid groups (broad SMARTS) is 1. The number of morpholine rings is 1. The van der Waals surface area contributed by atoms with Crippen molar-refractivity contribution in [2.24, 2.45) is 0 Å². The Hall–Kier alpha value is -1.24. The van der Waals surface area contributed by atoms with E-state index in [1.54, 1.807) is 0 Å². The molecule has 0 aromatic carbocycles. The summed E-state index contributed by atoms with van der Waals surface area (Å²) in [6, 6.07) is -7.87. The predicted octanol–water partition coefficient (Wildman–Crippen LogP) is 2.40. The van der Waals surface area contributed by atoms with Crippen LogP contribution in [0.15, 0.2) is 0 Å². The molecule has 1 aliphatic rings. The topological polar surface area (TPSA) is 49.8 Å². The second-order valence-corrected chi connectivity index (χ2v) is 3.61. The highest BCUT2D eigenvalue weighted by Crippen LogP contribution is 2.35. The first-order valence-corrected chi connectivity index (χ1v) is 4.86. The zero-order valence-corrected chi connectivity index (χ0v) is 9.81. The molecule has 0 amide bonds. The van der Waals surface area contributed by atoms with Gasteiger partial charge in [-0.05, 0) is 0 Å². The minimum Gasteiger partial charge on any atom is -0.479 e. The highest BCUT2D eigenvalue weighted by molar-refractivity contribution is 5.73. The van der Waals surface area contributed by atoms with Crippen LogP contribution in [0.2, 0.25) is 0 Å². The molecule has 0 radical (unpaired) electrons. The number of alkyl halides is 9. The van der Waals surface area contributed by atoms with Gasteiger partial charge in [-0.2, -0.15) is 35.6 Å². The van der Waals surface area contributed by atoms with Crippen molar-refractivity contribution in [2.45, 2.75) is 24.4 Å². The molecule has 21 heavy (non-hydrogen) atoms. The number of carboxylic acids is 1. The number of aliphatic carboxylic acids is 1. The van der Waals surface area contributed by atoms with Crippen LogP contribution in [-0.2, 0) is 9.53 Å². The van der Waals surface area contributed by atoms with Crippen molar-refractivity contribution >= 4 is 5.97 Å². The van der Waals surface area contributed by atoms with Gasteiger partial charge in [-0.25, -0.2) is 13.6 Å². The molecule has 1 fully saturated rings. The second kappa shape index (κ2) is 6.68. The van der Waals surface area contributed by atoms with Crippen molar-refractivity contribution in [1.29, 1.82) is 0 Å². The SMILES string of the molecule is FCN1C(F)(F)COCC1(F)F.O=C(O)C(F)C(F)(F)F. The van der Waals surface area contributed by atoms with E-state index in [0.717, 1.165) is 0 Å². The largest absolute Gasteiger partial charge is 0.479 e. The van der Waals surface area contributed by atoms with Crippen LogP contribution in [0.25, 0.3) is 0 Å². The number of carbonyl (C=O) groups is 1. The highest BCUT2D eigenvalue weighted by atomic mass is 19.4. The van der Waals surface area contributed by atoms with Gasteiger partial charge in [0.25, 0.3) is 6.17 Å². The van der Waals surface area contributed by atoms with Crippen LogP contribution in [0.5, 0.6) is 0 Å². The quantitative estimate of drug-likeness (QED) is 0.621. The normalized spacial score (nSPS) is 22.9. The van der Waals surface area contributed by atoms with E-state index in [1.165, 1.54) is 0 Å². The summed E-state index contributed by atoms with van der Waals surface area (Å²) in [4.78, 5) is 8.43. The lowest BCUT2D eigenvalue weighted by Crippen LogP contribution is -2.60.